The SMILES string of the molecule is Cc1cc(Br)ccc1N1CCC(CCC(=O)O)C1. The molecule has 1 aliphatic heterocycles. The van der Waals surface area contributed by atoms with E-state index in [0.29, 0.717) is 5.92 Å². The summed E-state index contributed by atoms with van der Waals surface area (Å²) in [6.45, 7) is 4.13. The quantitative estimate of drug-likeness (QED) is 0.926. The first-order chi connectivity index (χ1) is 8.56. The lowest BCUT2D eigenvalue weighted by Gasteiger charge is -2.21. The summed E-state index contributed by atoms with van der Waals surface area (Å²) in [7, 11) is 0. The van der Waals surface area contributed by atoms with Crippen LogP contribution in [0.1, 0.15) is 24.8 Å². The predicted molar refractivity (Wildman–Crippen MR) is 76.1 cm³/mol. The number of carboxylic acids is 1. The monoisotopic (exact) mass is 311 g/mol. The number of hydrogen-bond acceptors (Lipinski definition) is 2. The number of anilines is 1. The van der Waals surface area contributed by atoms with E-state index < -0.39 is 5.97 Å². The van der Waals surface area contributed by atoms with Crippen LogP contribution in [0, 0.1) is 12.8 Å². The highest BCUT2D eigenvalue weighted by atomic mass is 79.9. The van der Waals surface area contributed by atoms with Crippen molar-refractivity contribution in [3.8, 4) is 0 Å². The third-order valence-electron chi connectivity index (χ3n) is 3.55. The molecule has 1 aromatic rings. The molecule has 18 heavy (non-hydrogen) atoms. The van der Waals surface area contributed by atoms with E-state index in [1.54, 1.807) is 0 Å². The maximum atomic E-state index is 10.6. The van der Waals surface area contributed by atoms with Crippen molar-refractivity contribution in [1.82, 2.24) is 0 Å². The molecular formula is C14H18BrNO2. The molecule has 0 spiro atoms. The van der Waals surface area contributed by atoms with Crippen LogP contribution in [-0.2, 0) is 4.79 Å². The zero-order chi connectivity index (χ0) is 13.1. The minimum atomic E-state index is -0.687. The van der Waals surface area contributed by atoms with Gasteiger partial charge < -0.3 is 10.0 Å². The lowest BCUT2D eigenvalue weighted by molar-refractivity contribution is -0.137. The number of carboxylic acid groups (broad SMARTS) is 1. The lowest BCUT2D eigenvalue weighted by Crippen LogP contribution is -2.20. The first-order valence-electron chi connectivity index (χ1n) is 6.29. The van der Waals surface area contributed by atoms with Crippen LogP contribution in [0.2, 0.25) is 0 Å². The molecule has 0 radical (unpaired) electrons. The molecule has 1 atom stereocenters. The van der Waals surface area contributed by atoms with Crippen LogP contribution in [0.4, 0.5) is 5.69 Å². The van der Waals surface area contributed by atoms with Crippen LogP contribution in [0.5, 0.6) is 0 Å². The van der Waals surface area contributed by atoms with Crippen molar-refractivity contribution in [3.63, 3.8) is 0 Å². The van der Waals surface area contributed by atoms with Gasteiger partial charge in [0, 0.05) is 29.7 Å². The van der Waals surface area contributed by atoms with Crippen molar-refractivity contribution in [2.24, 2.45) is 5.92 Å². The number of hydrogen-bond donors (Lipinski definition) is 1. The number of aliphatic carboxylic acids is 1. The van der Waals surface area contributed by atoms with Gasteiger partial charge in [0.1, 0.15) is 0 Å². The highest BCUT2D eigenvalue weighted by Crippen LogP contribution is 2.30. The van der Waals surface area contributed by atoms with Gasteiger partial charge in [-0.25, -0.2) is 0 Å². The van der Waals surface area contributed by atoms with E-state index in [2.05, 4.69) is 46.0 Å². The Bertz CT molecular complexity index is 447. The fraction of sp³-hybridized carbons (Fsp3) is 0.500. The Kier molecular flexibility index (Phi) is 4.27. The largest absolute Gasteiger partial charge is 0.481 e. The molecule has 4 heteroatoms. The summed E-state index contributed by atoms with van der Waals surface area (Å²) >= 11 is 3.47. The molecule has 1 N–H and O–H groups in total. The minimum absolute atomic E-state index is 0.290. The molecule has 98 valence electrons. The fourth-order valence-electron chi connectivity index (χ4n) is 2.59. The van der Waals surface area contributed by atoms with Gasteiger partial charge in [0.25, 0.3) is 0 Å². The second-order valence-corrected chi connectivity index (χ2v) is 5.88. The zero-order valence-corrected chi connectivity index (χ0v) is 12.1. The number of halogens is 1. The van der Waals surface area contributed by atoms with E-state index in [0.717, 1.165) is 30.4 Å². The molecule has 0 saturated carbocycles. The topological polar surface area (TPSA) is 40.5 Å². The van der Waals surface area contributed by atoms with Crippen LogP contribution in [0.3, 0.4) is 0 Å². The van der Waals surface area contributed by atoms with Gasteiger partial charge in [-0.15, -0.1) is 0 Å². The van der Waals surface area contributed by atoms with Gasteiger partial charge in [0.2, 0.25) is 0 Å². The molecule has 1 unspecified atom stereocenters. The summed E-state index contributed by atoms with van der Waals surface area (Å²) < 4.78 is 1.10. The number of aryl methyl sites for hydroxylation is 1. The van der Waals surface area contributed by atoms with Crippen molar-refractivity contribution in [3.05, 3.63) is 28.2 Å². The summed E-state index contributed by atoms with van der Waals surface area (Å²) in [5, 5.41) is 8.71. The molecule has 1 aliphatic rings. The van der Waals surface area contributed by atoms with Crippen LogP contribution >= 0.6 is 15.9 Å². The van der Waals surface area contributed by atoms with Gasteiger partial charge in [0.15, 0.2) is 0 Å². The van der Waals surface area contributed by atoms with Crippen molar-refractivity contribution in [2.45, 2.75) is 26.2 Å². The fourth-order valence-corrected chi connectivity index (χ4v) is 3.06. The third-order valence-corrected chi connectivity index (χ3v) is 4.05. The minimum Gasteiger partial charge on any atom is -0.481 e. The average molecular weight is 312 g/mol. The van der Waals surface area contributed by atoms with Crippen LogP contribution in [0.15, 0.2) is 22.7 Å². The van der Waals surface area contributed by atoms with Crippen LogP contribution < -0.4 is 4.90 Å². The van der Waals surface area contributed by atoms with Crippen LogP contribution in [-0.4, -0.2) is 24.2 Å². The smallest absolute Gasteiger partial charge is 0.303 e. The van der Waals surface area contributed by atoms with E-state index in [9.17, 15) is 4.79 Å². The maximum absolute atomic E-state index is 10.6. The molecule has 0 amide bonds. The summed E-state index contributed by atoms with van der Waals surface area (Å²) in [4.78, 5) is 12.9. The molecule has 0 aliphatic carbocycles. The van der Waals surface area contributed by atoms with Crippen molar-refractivity contribution >= 4 is 27.6 Å². The Morgan fingerprint density at radius 3 is 3.00 bits per heavy atom. The number of nitrogens with zero attached hydrogens (tertiary/aromatic N) is 1. The summed E-state index contributed by atoms with van der Waals surface area (Å²) in [5.41, 5.74) is 2.54. The van der Waals surface area contributed by atoms with Gasteiger partial charge in [-0.3, -0.25) is 4.79 Å². The zero-order valence-electron chi connectivity index (χ0n) is 10.5. The molecule has 0 bridgehead atoms. The molecule has 0 aromatic heterocycles. The van der Waals surface area contributed by atoms with Crippen LogP contribution in [0.25, 0.3) is 0 Å². The second kappa shape index (κ2) is 5.74. The van der Waals surface area contributed by atoms with Gasteiger partial charge in [-0.05, 0) is 49.4 Å². The average Bonchev–Trinajstić information content (AvgIpc) is 2.75. The van der Waals surface area contributed by atoms with E-state index >= 15 is 0 Å². The lowest BCUT2D eigenvalue weighted by atomic mass is 10.0. The third kappa shape index (κ3) is 3.25. The molecule has 1 aromatic carbocycles. The molecule has 2 rings (SSSR count). The molecule has 1 fully saturated rings. The Morgan fingerprint density at radius 2 is 2.33 bits per heavy atom. The van der Waals surface area contributed by atoms with Crippen molar-refractivity contribution < 1.29 is 9.90 Å². The first kappa shape index (κ1) is 13.4. The van der Waals surface area contributed by atoms with Crippen molar-refractivity contribution in [1.29, 1.82) is 0 Å². The van der Waals surface area contributed by atoms with E-state index in [4.69, 9.17) is 5.11 Å². The number of carbonyl (C=O) groups is 1. The second-order valence-electron chi connectivity index (χ2n) is 4.96. The van der Waals surface area contributed by atoms with Gasteiger partial charge in [-0.1, -0.05) is 15.9 Å². The first-order valence-corrected chi connectivity index (χ1v) is 7.08. The van der Waals surface area contributed by atoms with E-state index in [1.165, 1.54) is 11.3 Å². The highest BCUT2D eigenvalue weighted by molar-refractivity contribution is 9.10. The van der Waals surface area contributed by atoms with Gasteiger partial charge in [-0.2, -0.15) is 0 Å². The highest BCUT2D eigenvalue weighted by Gasteiger charge is 2.23. The molecule has 1 heterocycles. The number of rotatable bonds is 4. The molecular weight excluding hydrogens is 294 g/mol. The molecule has 1 saturated heterocycles. The van der Waals surface area contributed by atoms with Crippen molar-refractivity contribution in [2.75, 3.05) is 18.0 Å². The van der Waals surface area contributed by atoms with E-state index in [-0.39, 0.29) is 6.42 Å². The Labute approximate surface area is 116 Å². The normalized spacial score (nSPS) is 19.2. The van der Waals surface area contributed by atoms with Gasteiger partial charge >= 0.3 is 5.97 Å². The standard InChI is InChI=1S/C14H18BrNO2/c1-10-8-12(15)3-4-13(10)16-7-6-11(9-16)2-5-14(17)18/h3-4,8,11H,2,5-7,9H2,1H3,(H,17,18). The van der Waals surface area contributed by atoms with E-state index in [1.807, 2.05) is 0 Å². The Morgan fingerprint density at radius 1 is 1.56 bits per heavy atom. The maximum Gasteiger partial charge on any atom is 0.303 e. The Balaban J connectivity index is 1.97. The summed E-state index contributed by atoms with van der Waals surface area (Å²) in [5.74, 6) is -0.169. The summed E-state index contributed by atoms with van der Waals surface area (Å²) in [6, 6.07) is 6.33. The number of benzene rings is 1. The predicted octanol–water partition coefficient (Wildman–Crippen LogP) is 3.45. The molecule has 3 nitrogen and oxygen atoms in total. The Hall–Kier alpha value is -1.03. The van der Waals surface area contributed by atoms with Gasteiger partial charge in [0.05, 0.1) is 0 Å². The summed E-state index contributed by atoms with van der Waals surface area (Å²) in [6.07, 6.45) is 2.18.